The molecule has 1 unspecified atom stereocenters. The molecule has 21 heavy (non-hydrogen) atoms. The Balaban J connectivity index is 1.86. The minimum absolute atomic E-state index is 0.0720. The molecule has 3 rings (SSSR count). The molecule has 1 atom stereocenters. The number of nitrogens with one attached hydrogen (secondary N) is 1. The average Bonchev–Trinajstić information content (AvgIpc) is 3.16. The van der Waals surface area contributed by atoms with Gasteiger partial charge in [-0.05, 0) is 31.9 Å². The lowest BCUT2D eigenvalue weighted by Crippen LogP contribution is -2.46. The second-order valence-electron chi connectivity index (χ2n) is 5.76. The van der Waals surface area contributed by atoms with E-state index >= 15 is 0 Å². The highest BCUT2D eigenvalue weighted by atomic mass is 16.4. The maximum Gasteiger partial charge on any atom is 0.319 e. The predicted molar refractivity (Wildman–Crippen MR) is 75.8 cm³/mol. The van der Waals surface area contributed by atoms with Gasteiger partial charge in [0.05, 0.1) is 5.69 Å². The lowest BCUT2D eigenvalue weighted by molar-refractivity contribution is -0.154. The first-order chi connectivity index (χ1) is 9.99. The first-order valence-electron chi connectivity index (χ1n) is 6.96. The number of carboxylic acid groups (broad SMARTS) is 1. The molecule has 0 saturated heterocycles. The van der Waals surface area contributed by atoms with E-state index in [4.69, 9.17) is 0 Å². The van der Waals surface area contributed by atoms with Crippen LogP contribution in [-0.4, -0.2) is 32.4 Å². The minimum atomic E-state index is -1.50. The molecule has 0 bridgehead atoms. The predicted octanol–water partition coefficient (Wildman–Crippen LogP) is 1.25. The van der Waals surface area contributed by atoms with Crippen LogP contribution in [0.3, 0.4) is 0 Å². The van der Waals surface area contributed by atoms with Crippen molar-refractivity contribution in [2.75, 3.05) is 0 Å². The van der Waals surface area contributed by atoms with E-state index in [-0.39, 0.29) is 12.5 Å². The van der Waals surface area contributed by atoms with Gasteiger partial charge in [-0.1, -0.05) is 6.07 Å². The number of fused-ring (bicyclic) bond motifs is 1. The Morgan fingerprint density at radius 3 is 2.86 bits per heavy atom. The van der Waals surface area contributed by atoms with Crippen molar-refractivity contribution in [3.05, 3.63) is 36.3 Å². The van der Waals surface area contributed by atoms with Crippen molar-refractivity contribution in [1.29, 1.82) is 0 Å². The molecule has 110 valence electrons. The molecule has 1 saturated carbocycles. The summed E-state index contributed by atoms with van der Waals surface area (Å²) in [6, 6.07) is 5.71. The molecule has 0 aromatic carbocycles. The van der Waals surface area contributed by atoms with E-state index in [1.165, 1.54) is 6.92 Å². The van der Waals surface area contributed by atoms with Crippen LogP contribution in [0.1, 0.15) is 25.5 Å². The van der Waals surface area contributed by atoms with Gasteiger partial charge in [0.15, 0.2) is 0 Å². The van der Waals surface area contributed by atoms with Gasteiger partial charge in [-0.3, -0.25) is 9.59 Å². The third-order valence-corrected chi connectivity index (χ3v) is 3.83. The van der Waals surface area contributed by atoms with Crippen LogP contribution in [0.2, 0.25) is 0 Å². The Hall–Kier alpha value is -2.37. The minimum Gasteiger partial charge on any atom is -0.480 e. The van der Waals surface area contributed by atoms with E-state index in [2.05, 4.69) is 10.3 Å². The number of imidazole rings is 1. The summed E-state index contributed by atoms with van der Waals surface area (Å²) >= 11 is 0. The van der Waals surface area contributed by atoms with Crippen molar-refractivity contribution in [1.82, 2.24) is 14.7 Å². The number of carboxylic acids is 1. The van der Waals surface area contributed by atoms with Gasteiger partial charge in [0.2, 0.25) is 5.91 Å². The third kappa shape index (κ3) is 2.61. The van der Waals surface area contributed by atoms with Gasteiger partial charge in [-0.15, -0.1) is 0 Å². The second kappa shape index (κ2) is 4.87. The topological polar surface area (TPSA) is 83.7 Å². The molecule has 2 N–H and O–H groups in total. The summed E-state index contributed by atoms with van der Waals surface area (Å²) in [7, 11) is 0. The van der Waals surface area contributed by atoms with Crippen LogP contribution < -0.4 is 5.32 Å². The van der Waals surface area contributed by atoms with Gasteiger partial charge in [-0.2, -0.15) is 0 Å². The molecular formula is C15H17N3O3. The van der Waals surface area contributed by atoms with Crippen LogP contribution in [0.4, 0.5) is 0 Å². The van der Waals surface area contributed by atoms with Gasteiger partial charge in [0.25, 0.3) is 0 Å². The van der Waals surface area contributed by atoms with Crippen molar-refractivity contribution in [3.8, 4) is 0 Å². The fourth-order valence-corrected chi connectivity index (χ4v) is 2.26. The van der Waals surface area contributed by atoms with Gasteiger partial charge in [-0.25, -0.2) is 4.98 Å². The van der Waals surface area contributed by atoms with E-state index in [1.54, 1.807) is 6.20 Å². The van der Waals surface area contributed by atoms with Crippen LogP contribution >= 0.6 is 0 Å². The summed E-state index contributed by atoms with van der Waals surface area (Å²) < 4.78 is 1.82. The average molecular weight is 287 g/mol. The number of carbonyl (C=O) groups is 2. The van der Waals surface area contributed by atoms with Crippen LogP contribution in [0, 0.1) is 5.41 Å². The number of hydrogen-bond donors (Lipinski definition) is 2. The van der Waals surface area contributed by atoms with E-state index in [9.17, 15) is 14.7 Å². The van der Waals surface area contributed by atoms with Gasteiger partial charge < -0.3 is 14.8 Å². The molecule has 1 aliphatic rings. The Morgan fingerprint density at radius 2 is 2.24 bits per heavy atom. The molecule has 1 amide bonds. The lowest BCUT2D eigenvalue weighted by Gasteiger charge is -2.22. The van der Waals surface area contributed by atoms with Crippen LogP contribution in [0.25, 0.3) is 5.65 Å². The first-order valence-corrected chi connectivity index (χ1v) is 6.96. The Labute approximate surface area is 121 Å². The van der Waals surface area contributed by atoms with E-state index < -0.39 is 17.3 Å². The van der Waals surface area contributed by atoms with Gasteiger partial charge in [0, 0.05) is 24.9 Å². The number of nitrogens with zero attached hydrogens (tertiary/aromatic N) is 2. The van der Waals surface area contributed by atoms with Crippen molar-refractivity contribution in [3.63, 3.8) is 0 Å². The quantitative estimate of drug-likeness (QED) is 0.811. The molecule has 6 heteroatoms. The summed E-state index contributed by atoms with van der Waals surface area (Å²) in [5.41, 5.74) is -0.166. The summed E-state index contributed by atoms with van der Waals surface area (Å²) in [4.78, 5) is 28.2. The number of hydrogen-bond acceptors (Lipinski definition) is 3. The molecule has 1 aliphatic carbocycles. The van der Waals surface area contributed by atoms with Gasteiger partial charge >= 0.3 is 5.97 Å². The van der Waals surface area contributed by atoms with Crippen molar-refractivity contribution >= 4 is 17.5 Å². The highest BCUT2D eigenvalue weighted by molar-refractivity contribution is 6.01. The number of rotatable bonds is 5. The first kappa shape index (κ1) is 13.6. The van der Waals surface area contributed by atoms with Crippen molar-refractivity contribution < 1.29 is 14.7 Å². The maximum atomic E-state index is 12.2. The molecule has 6 nitrogen and oxygen atoms in total. The SMILES string of the molecule is CC(Cc1cn2ccccc2n1)(C(=O)O)C(=O)NC1CC1. The van der Waals surface area contributed by atoms with Crippen LogP contribution in [0.5, 0.6) is 0 Å². The van der Waals surface area contributed by atoms with E-state index in [0.717, 1.165) is 18.5 Å². The normalized spacial score (nSPS) is 17.4. The smallest absolute Gasteiger partial charge is 0.319 e. The molecule has 2 heterocycles. The Bertz CT molecular complexity index is 672. The molecule has 0 aliphatic heterocycles. The fourth-order valence-electron chi connectivity index (χ4n) is 2.26. The fraction of sp³-hybridized carbons (Fsp3) is 0.400. The molecular weight excluding hydrogens is 270 g/mol. The monoisotopic (exact) mass is 287 g/mol. The lowest BCUT2D eigenvalue weighted by atomic mass is 9.84. The second-order valence-corrected chi connectivity index (χ2v) is 5.76. The number of carbonyl (C=O) groups excluding carboxylic acids is 1. The molecule has 0 spiro atoms. The largest absolute Gasteiger partial charge is 0.480 e. The van der Waals surface area contributed by atoms with Crippen molar-refractivity contribution in [2.45, 2.75) is 32.2 Å². The maximum absolute atomic E-state index is 12.2. The van der Waals surface area contributed by atoms with Gasteiger partial charge in [0.1, 0.15) is 11.1 Å². The molecule has 0 radical (unpaired) electrons. The zero-order chi connectivity index (χ0) is 15.0. The summed E-state index contributed by atoms with van der Waals surface area (Å²) in [6.45, 7) is 1.46. The zero-order valence-electron chi connectivity index (χ0n) is 11.7. The van der Waals surface area contributed by atoms with E-state index in [1.807, 2.05) is 28.8 Å². The highest BCUT2D eigenvalue weighted by Crippen LogP contribution is 2.27. The summed E-state index contributed by atoms with van der Waals surface area (Å²) in [6.07, 6.45) is 5.53. The number of amides is 1. The summed E-state index contributed by atoms with van der Waals surface area (Å²) in [5.74, 6) is -1.56. The summed E-state index contributed by atoms with van der Waals surface area (Å²) in [5, 5.41) is 12.3. The number of pyridine rings is 1. The van der Waals surface area contributed by atoms with E-state index in [0.29, 0.717) is 5.69 Å². The number of aliphatic carboxylic acids is 1. The molecule has 1 fully saturated rings. The van der Waals surface area contributed by atoms with Crippen molar-refractivity contribution in [2.24, 2.45) is 5.41 Å². The molecule has 2 aromatic rings. The Kier molecular flexibility index (Phi) is 3.16. The van der Waals surface area contributed by atoms with Crippen LogP contribution in [0.15, 0.2) is 30.6 Å². The highest BCUT2D eigenvalue weighted by Gasteiger charge is 2.43. The third-order valence-electron chi connectivity index (χ3n) is 3.83. The molecule has 2 aromatic heterocycles. The zero-order valence-corrected chi connectivity index (χ0v) is 11.7. The van der Waals surface area contributed by atoms with Crippen LogP contribution in [-0.2, 0) is 16.0 Å². The standard InChI is InChI=1S/C15H17N3O3/c1-15(14(20)21,13(19)17-10-5-6-10)8-11-9-18-7-3-2-4-12(18)16-11/h2-4,7,9-10H,5-6,8H2,1H3,(H,17,19)(H,20,21). The Morgan fingerprint density at radius 1 is 1.48 bits per heavy atom. The number of aromatic nitrogens is 2.